The highest BCUT2D eigenvalue weighted by Crippen LogP contribution is 2.29. The maximum absolute atomic E-state index is 4.71. The van der Waals surface area contributed by atoms with Crippen molar-refractivity contribution >= 4 is 32.9 Å². The topological polar surface area (TPSA) is 17.3 Å². The van der Waals surface area contributed by atoms with E-state index < -0.39 is 0 Å². The number of rotatable bonds is 1. The van der Waals surface area contributed by atoms with Crippen molar-refractivity contribution in [2.24, 2.45) is 0 Å². The largest absolute Gasteiger partial charge is 0.300 e. The van der Waals surface area contributed by atoms with Gasteiger partial charge in [0.15, 0.2) is 0 Å². The molecule has 0 unspecified atom stereocenters. The van der Waals surface area contributed by atoms with Crippen LogP contribution in [0.3, 0.4) is 0 Å². The van der Waals surface area contributed by atoms with E-state index in [0.717, 1.165) is 15.8 Å². The third-order valence-corrected chi connectivity index (χ3v) is 4.66. The number of pyridine rings is 1. The summed E-state index contributed by atoms with van der Waals surface area (Å²) < 4.78 is 3.31. The van der Waals surface area contributed by atoms with Crippen LogP contribution in [0.25, 0.3) is 16.2 Å². The minimum Gasteiger partial charge on any atom is -0.300 e. The molecule has 2 nitrogen and oxygen atoms in total. The van der Waals surface area contributed by atoms with Crippen LogP contribution in [0.2, 0.25) is 0 Å². The quantitative estimate of drug-likeness (QED) is 0.649. The summed E-state index contributed by atoms with van der Waals surface area (Å²) in [4.78, 5) is 5.93. The summed E-state index contributed by atoms with van der Waals surface area (Å²) in [6, 6.07) is 8.27. The summed E-state index contributed by atoms with van der Waals surface area (Å²) in [5.74, 6) is 0. The molecule has 0 fully saturated rings. The van der Waals surface area contributed by atoms with Crippen LogP contribution in [0.5, 0.6) is 0 Å². The molecular formula is C13H11BrN2S. The number of hydrogen-bond donors (Lipinski definition) is 0. The Bertz CT molecular complexity index is 683. The molecule has 4 heteroatoms. The van der Waals surface area contributed by atoms with E-state index in [-0.39, 0.29) is 0 Å². The van der Waals surface area contributed by atoms with Crippen LogP contribution in [-0.2, 0) is 0 Å². The first-order valence-corrected chi connectivity index (χ1v) is 7.04. The second kappa shape index (κ2) is 3.96. The Morgan fingerprint density at radius 2 is 2.00 bits per heavy atom. The minimum atomic E-state index is 1.01. The van der Waals surface area contributed by atoms with Crippen LogP contribution in [-0.4, -0.2) is 9.38 Å². The molecule has 0 bridgehead atoms. The molecule has 0 N–H and O–H groups in total. The normalized spacial score (nSPS) is 11.2. The second-order valence-electron chi connectivity index (χ2n) is 3.98. The Morgan fingerprint density at radius 1 is 1.18 bits per heavy atom. The predicted octanol–water partition coefficient (Wildman–Crippen LogP) is 4.44. The van der Waals surface area contributed by atoms with Crippen LogP contribution in [0.4, 0.5) is 0 Å². The van der Waals surface area contributed by atoms with Gasteiger partial charge in [0.25, 0.3) is 0 Å². The van der Waals surface area contributed by atoms with E-state index in [4.69, 9.17) is 4.98 Å². The Labute approximate surface area is 112 Å². The van der Waals surface area contributed by atoms with E-state index in [2.05, 4.69) is 57.8 Å². The molecule has 3 rings (SSSR count). The molecule has 3 aromatic heterocycles. The van der Waals surface area contributed by atoms with Crippen molar-refractivity contribution in [1.29, 1.82) is 0 Å². The van der Waals surface area contributed by atoms with Gasteiger partial charge in [-0.25, -0.2) is 4.98 Å². The maximum Gasteiger partial charge on any atom is 0.137 e. The number of nitrogens with zero attached hydrogens (tertiary/aromatic N) is 2. The lowest BCUT2D eigenvalue weighted by Crippen LogP contribution is -1.94. The van der Waals surface area contributed by atoms with Gasteiger partial charge in [0.1, 0.15) is 11.3 Å². The van der Waals surface area contributed by atoms with E-state index >= 15 is 0 Å². The molecule has 0 saturated carbocycles. The van der Waals surface area contributed by atoms with Gasteiger partial charge >= 0.3 is 0 Å². The second-order valence-corrected chi connectivity index (χ2v) is 5.79. The lowest BCUT2D eigenvalue weighted by Gasteiger charge is -2.04. The van der Waals surface area contributed by atoms with Gasteiger partial charge in [-0.1, -0.05) is 6.07 Å². The van der Waals surface area contributed by atoms with E-state index in [1.807, 2.05) is 6.07 Å². The molecular weight excluding hydrogens is 296 g/mol. The molecule has 0 saturated heterocycles. The lowest BCUT2D eigenvalue weighted by molar-refractivity contribution is 1.03. The highest BCUT2D eigenvalue weighted by Gasteiger charge is 2.13. The first kappa shape index (κ1) is 11.0. The average Bonchev–Trinajstić information content (AvgIpc) is 2.91. The van der Waals surface area contributed by atoms with Gasteiger partial charge < -0.3 is 0 Å². The first-order chi connectivity index (χ1) is 8.18. The van der Waals surface area contributed by atoms with E-state index in [1.54, 1.807) is 11.3 Å². The highest BCUT2D eigenvalue weighted by molar-refractivity contribution is 9.10. The Morgan fingerprint density at radius 3 is 2.71 bits per heavy atom. The Balaban J connectivity index is 2.37. The third-order valence-electron chi connectivity index (χ3n) is 2.95. The zero-order valence-electron chi connectivity index (χ0n) is 9.57. The fraction of sp³-hybridized carbons (Fsp3) is 0.154. The van der Waals surface area contributed by atoms with Crippen LogP contribution in [0.15, 0.2) is 34.1 Å². The molecule has 0 aliphatic heterocycles. The van der Waals surface area contributed by atoms with E-state index in [1.165, 1.54) is 16.3 Å². The monoisotopic (exact) mass is 306 g/mol. The zero-order valence-corrected chi connectivity index (χ0v) is 12.0. The average molecular weight is 307 g/mol. The number of halogens is 1. The number of aromatic nitrogens is 2. The number of aryl methyl sites for hydroxylation is 2. The Hall–Kier alpha value is -1.13. The number of imidazole rings is 1. The fourth-order valence-electron chi connectivity index (χ4n) is 2.08. The minimum absolute atomic E-state index is 1.01. The molecule has 0 atom stereocenters. The van der Waals surface area contributed by atoms with Crippen LogP contribution >= 0.6 is 27.3 Å². The summed E-state index contributed by atoms with van der Waals surface area (Å²) in [6.45, 7) is 4.22. The van der Waals surface area contributed by atoms with Gasteiger partial charge in [0.05, 0.1) is 4.88 Å². The summed E-state index contributed by atoms with van der Waals surface area (Å²) in [5, 5.41) is 2.08. The van der Waals surface area contributed by atoms with Gasteiger partial charge in [0.2, 0.25) is 0 Å². The lowest BCUT2D eigenvalue weighted by atomic mass is 10.3. The fourth-order valence-corrected chi connectivity index (χ4v) is 3.16. The molecule has 0 aliphatic rings. The standard InChI is InChI=1S/C13H11BrN2S/c1-8-10(14)5-6-12-15-13(9(2)16(8)12)11-4-3-7-17-11/h3-7H,1-2H3. The molecule has 0 aromatic carbocycles. The molecule has 3 heterocycles. The van der Waals surface area contributed by atoms with Crippen LogP contribution in [0.1, 0.15) is 11.4 Å². The van der Waals surface area contributed by atoms with Crippen molar-refractivity contribution in [3.8, 4) is 10.6 Å². The summed E-state index contributed by atoms with van der Waals surface area (Å²) in [6.07, 6.45) is 0. The predicted molar refractivity (Wildman–Crippen MR) is 75.7 cm³/mol. The smallest absolute Gasteiger partial charge is 0.137 e. The van der Waals surface area contributed by atoms with E-state index in [9.17, 15) is 0 Å². The van der Waals surface area contributed by atoms with Gasteiger partial charge in [-0.3, -0.25) is 4.40 Å². The van der Waals surface area contributed by atoms with Crippen molar-refractivity contribution in [2.45, 2.75) is 13.8 Å². The molecule has 86 valence electrons. The molecule has 0 radical (unpaired) electrons. The first-order valence-electron chi connectivity index (χ1n) is 5.36. The van der Waals surface area contributed by atoms with Crippen molar-refractivity contribution in [3.05, 3.63) is 45.5 Å². The molecule has 0 aliphatic carbocycles. The third kappa shape index (κ3) is 1.63. The SMILES string of the molecule is Cc1c(Br)ccc2nc(-c3cccs3)c(C)n12. The van der Waals surface area contributed by atoms with Gasteiger partial charge in [-0.05, 0) is 53.4 Å². The van der Waals surface area contributed by atoms with Crippen LogP contribution < -0.4 is 0 Å². The van der Waals surface area contributed by atoms with Crippen molar-refractivity contribution in [3.63, 3.8) is 0 Å². The van der Waals surface area contributed by atoms with Crippen LogP contribution in [0, 0.1) is 13.8 Å². The highest BCUT2D eigenvalue weighted by atomic mass is 79.9. The molecule has 3 aromatic rings. The van der Waals surface area contributed by atoms with Crippen molar-refractivity contribution in [1.82, 2.24) is 9.38 Å². The number of fused-ring (bicyclic) bond motifs is 1. The van der Waals surface area contributed by atoms with Gasteiger partial charge in [-0.2, -0.15) is 0 Å². The van der Waals surface area contributed by atoms with Gasteiger partial charge in [-0.15, -0.1) is 11.3 Å². The summed E-state index contributed by atoms with van der Waals surface area (Å²) in [7, 11) is 0. The number of thiophene rings is 1. The summed E-state index contributed by atoms with van der Waals surface area (Å²) in [5.41, 5.74) is 4.48. The number of hydrogen-bond acceptors (Lipinski definition) is 2. The maximum atomic E-state index is 4.71. The zero-order chi connectivity index (χ0) is 12.0. The van der Waals surface area contributed by atoms with Crippen molar-refractivity contribution < 1.29 is 0 Å². The molecule has 17 heavy (non-hydrogen) atoms. The molecule has 0 spiro atoms. The van der Waals surface area contributed by atoms with Gasteiger partial charge in [0, 0.05) is 15.9 Å². The summed E-state index contributed by atoms with van der Waals surface area (Å²) >= 11 is 5.29. The molecule has 0 amide bonds. The van der Waals surface area contributed by atoms with E-state index in [0.29, 0.717) is 0 Å². The van der Waals surface area contributed by atoms with Crippen molar-refractivity contribution in [2.75, 3.05) is 0 Å². The Kier molecular flexibility index (Phi) is 2.56.